The van der Waals surface area contributed by atoms with Gasteiger partial charge in [-0.05, 0) is 48.5 Å². The summed E-state index contributed by atoms with van der Waals surface area (Å²) in [6, 6.07) is 13.9. The zero-order valence-electron chi connectivity index (χ0n) is 15.7. The highest BCUT2D eigenvalue weighted by molar-refractivity contribution is 6.30. The van der Waals surface area contributed by atoms with Crippen molar-refractivity contribution in [2.75, 3.05) is 19.5 Å². The quantitative estimate of drug-likeness (QED) is 0.468. The topological polar surface area (TPSA) is 100 Å². The third kappa shape index (κ3) is 4.57. The lowest BCUT2D eigenvalue weighted by Crippen LogP contribution is -2.13. The number of H-pyrrole nitrogens is 1. The van der Waals surface area contributed by atoms with Gasteiger partial charge in [0.2, 0.25) is 0 Å². The van der Waals surface area contributed by atoms with Gasteiger partial charge in [0.15, 0.2) is 11.5 Å². The molecule has 3 aromatic rings. The number of carbonyl (C=O) groups excluding carboxylic acids is 1. The molecule has 0 fully saturated rings. The van der Waals surface area contributed by atoms with E-state index in [-0.39, 0.29) is 5.57 Å². The van der Waals surface area contributed by atoms with Gasteiger partial charge in [0.1, 0.15) is 11.6 Å². The highest BCUT2D eigenvalue weighted by atomic mass is 35.5. The number of hydrogen-bond donors (Lipinski definition) is 2. The fraction of sp³-hybridized carbons (Fsp3) is 0.0952. The second-order valence-corrected chi connectivity index (χ2v) is 6.34. The largest absolute Gasteiger partial charge is 0.493 e. The molecule has 1 amide bonds. The monoisotopic (exact) mass is 408 g/mol. The minimum absolute atomic E-state index is 0.0666. The number of aromatic amines is 1. The van der Waals surface area contributed by atoms with Crippen LogP contribution in [0.4, 0.5) is 5.69 Å². The summed E-state index contributed by atoms with van der Waals surface area (Å²) in [5.74, 6) is 0.609. The van der Waals surface area contributed by atoms with E-state index in [1.54, 1.807) is 56.8 Å². The molecular formula is C21H17ClN4O3. The van der Waals surface area contributed by atoms with Crippen molar-refractivity contribution in [3.8, 4) is 28.8 Å². The molecule has 0 bridgehead atoms. The van der Waals surface area contributed by atoms with Crippen LogP contribution in [0.15, 0.2) is 54.2 Å². The molecule has 0 aliphatic carbocycles. The van der Waals surface area contributed by atoms with Crippen LogP contribution in [-0.2, 0) is 4.79 Å². The molecule has 8 heteroatoms. The van der Waals surface area contributed by atoms with Crippen LogP contribution in [0.2, 0.25) is 5.02 Å². The standard InChI is InChI=1S/C21H17ClN4O3/c1-28-18-8-3-13(10-19(18)29-2)20-15(12-24-26-20)9-14(11-23)21(27)25-17-6-4-16(22)5-7-17/h3-10,12H,1-2H3,(H,24,26)(H,25,27)/b14-9-. The molecule has 3 rings (SSSR count). The van der Waals surface area contributed by atoms with Crippen LogP contribution in [0.3, 0.4) is 0 Å². The molecule has 0 aliphatic heterocycles. The van der Waals surface area contributed by atoms with Gasteiger partial charge in [0.25, 0.3) is 5.91 Å². The van der Waals surface area contributed by atoms with Crippen molar-refractivity contribution in [3.63, 3.8) is 0 Å². The Bertz CT molecular complexity index is 1100. The molecule has 2 N–H and O–H groups in total. The average Bonchev–Trinajstić information content (AvgIpc) is 3.21. The van der Waals surface area contributed by atoms with E-state index < -0.39 is 5.91 Å². The number of aromatic nitrogens is 2. The Hall–Kier alpha value is -3.76. The van der Waals surface area contributed by atoms with Crippen LogP contribution < -0.4 is 14.8 Å². The average molecular weight is 409 g/mol. The van der Waals surface area contributed by atoms with Gasteiger partial charge in [-0.25, -0.2) is 0 Å². The molecule has 0 spiro atoms. The Kier molecular flexibility index (Phi) is 6.17. The van der Waals surface area contributed by atoms with Gasteiger partial charge in [0.05, 0.1) is 26.1 Å². The maximum absolute atomic E-state index is 12.5. The number of nitriles is 1. The fourth-order valence-electron chi connectivity index (χ4n) is 2.66. The number of nitrogens with zero attached hydrogens (tertiary/aromatic N) is 2. The van der Waals surface area contributed by atoms with Gasteiger partial charge in [-0.2, -0.15) is 10.4 Å². The number of methoxy groups -OCH3 is 2. The van der Waals surface area contributed by atoms with E-state index in [0.29, 0.717) is 33.5 Å². The minimum atomic E-state index is -0.533. The fourth-order valence-corrected chi connectivity index (χ4v) is 2.79. The van der Waals surface area contributed by atoms with E-state index in [0.717, 1.165) is 5.56 Å². The Morgan fingerprint density at radius 3 is 2.55 bits per heavy atom. The van der Waals surface area contributed by atoms with Crippen molar-refractivity contribution < 1.29 is 14.3 Å². The lowest BCUT2D eigenvalue weighted by molar-refractivity contribution is -0.112. The molecule has 1 aromatic heterocycles. The van der Waals surface area contributed by atoms with Crippen LogP contribution in [0.1, 0.15) is 5.56 Å². The first-order valence-corrected chi connectivity index (χ1v) is 8.88. The van der Waals surface area contributed by atoms with Gasteiger partial charge in [-0.1, -0.05) is 11.6 Å². The van der Waals surface area contributed by atoms with Gasteiger partial charge < -0.3 is 14.8 Å². The molecule has 29 heavy (non-hydrogen) atoms. The summed E-state index contributed by atoms with van der Waals surface area (Å²) in [5, 5.41) is 19.6. The van der Waals surface area contributed by atoms with Crippen molar-refractivity contribution in [2.24, 2.45) is 0 Å². The van der Waals surface area contributed by atoms with E-state index >= 15 is 0 Å². The van der Waals surface area contributed by atoms with E-state index in [2.05, 4.69) is 15.5 Å². The summed E-state index contributed by atoms with van der Waals surface area (Å²) >= 11 is 5.85. The predicted molar refractivity (Wildman–Crippen MR) is 111 cm³/mol. The van der Waals surface area contributed by atoms with Crippen molar-refractivity contribution in [1.29, 1.82) is 5.26 Å². The normalized spacial score (nSPS) is 10.9. The Labute approximate surface area is 172 Å². The zero-order chi connectivity index (χ0) is 20.8. The SMILES string of the molecule is COc1ccc(-c2[nH]ncc2/C=C(/C#N)C(=O)Nc2ccc(Cl)cc2)cc1OC. The van der Waals surface area contributed by atoms with E-state index in [9.17, 15) is 10.1 Å². The number of nitrogens with one attached hydrogen (secondary N) is 2. The first kappa shape index (κ1) is 20.0. The molecule has 0 atom stereocenters. The number of ether oxygens (including phenoxy) is 2. The maximum Gasteiger partial charge on any atom is 0.266 e. The van der Waals surface area contributed by atoms with Gasteiger partial charge in [0, 0.05) is 21.8 Å². The molecule has 1 heterocycles. The number of hydrogen-bond acceptors (Lipinski definition) is 5. The zero-order valence-corrected chi connectivity index (χ0v) is 16.4. The third-order valence-electron chi connectivity index (χ3n) is 4.11. The molecule has 0 radical (unpaired) electrons. The first-order chi connectivity index (χ1) is 14.0. The van der Waals surface area contributed by atoms with Crippen molar-refractivity contribution in [3.05, 3.63) is 64.8 Å². The van der Waals surface area contributed by atoms with Crippen molar-refractivity contribution in [2.45, 2.75) is 0 Å². The molecule has 0 aliphatic rings. The molecule has 7 nitrogen and oxygen atoms in total. The lowest BCUT2D eigenvalue weighted by Gasteiger charge is -2.09. The molecular weight excluding hydrogens is 392 g/mol. The maximum atomic E-state index is 12.5. The number of carbonyl (C=O) groups is 1. The number of halogens is 1. The van der Waals surface area contributed by atoms with Gasteiger partial charge in [-0.3, -0.25) is 9.89 Å². The van der Waals surface area contributed by atoms with E-state index in [4.69, 9.17) is 21.1 Å². The van der Waals surface area contributed by atoms with Crippen LogP contribution in [0.5, 0.6) is 11.5 Å². The molecule has 146 valence electrons. The summed E-state index contributed by atoms with van der Waals surface area (Å²) in [6.45, 7) is 0. The number of amides is 1. The predicted octanol–water partition coefficient (Wildman–Crippen LogP) is 4.29. The van der Waals surface area contributed by atoms with E-state index in [1.807, 2.05) is 12.1 Å². The Balaban J connectivity index is 1.90. The first-order valence-electron chi connectivity index (χ1n) is 8.50. The highest BCUT2D eigenvalue weighted by Gasteiger charge is 2.14. The Morgan fingerprint density at radius 2 is 1.90 bits per heavy atom. The summed E-state index contributed by atoms with van der Waals surface area (Å²) in [5.41, 5.74) is 2.45. The second-order valence-electron chi connectivity index (χ2n) is 5.90. The second kappa shape index (κ2) is 8.95. The number of benzene rings is 2. The van der Waals surface area contributed by atoms with Crippen molar-refractivity contribution in [1.82, 2.24) is 10.2 Å². The highest BCUT2D eigenvalue weighted by Crippen LogP contribution is 2.33. The summed E-state index contributed by atoms with van der Waals surface area (Å²) in [4.78, 5) is 12.5. The lowest BCUT2D eigenvalue weighted by atomic mass is 10.1. The minimum Gasteiger partial charge on any atom is -0.493 e. The van der Waals surface area contributed by atoms with Gasteiger partial charge >= 0.3 is 0 Å². The third-order valence-corrected chi connectivity index (χ3v) is 4.36. The van der Waals surface area contributed by atoms with E-state index in [1.165, 1.54) is 6.08 Å². The number of anilines is 1. The number of rotatable bonds is 6. The summed E-state index contributed by atoms with van der Waals surface area (Å²) < 4.78 is 10.6. The molecule has 0 saturated carbocycles. The van der Waals surface area contributed by atoms with Crippen LogP contribution in [0.25, 0.3) is 17.3 Å². The molecule has 0 unspecified atom stereocenters. The molecule has 0 saturated heterocycles. The smallest absolute Gasteiger partial charge is 0.266 e. The summed E-state index contributed by atoms with van der Waals surface area (Å²) in [7, 11) is 3.10. The van der Waals surface area contributed by atoms with Crippen LogP contribution in [-0.4, -0.2) is 30.3 Å². The Morgan fingerprint density at radius 1 is 1.17 bits per heavy atom. The summed E-state index contributed by atoms with van der Waals surface area (Å²) in [6.07, 6.45) is 3.01. The van der Waals surface area contributed by atoms with Crippen LogP contribution in [0, 0.1) is 11.3 Å². The van der Waals surface area contributed by atoms with Crippen LogP contribution >= 0.6 is 11.6 Å². The molecule has 2 aromatic carbocycles. The van der Waals surface area contributed by atoms with Crippen molar-refractivity contribution >= 4 is 29.3 Å². The van der Waals surface area contributed by atoms with Gasteiger partial charge in [-0.15, -0.1) is 0 Å².